The molecule has 5 nitrogen and oxygen atoms in total. The molecule has 138 valence electrons. The van der Waals surface area contributed by atoms with Gasteiger partial charge in [-0.15, -0.1) is 0 Å². The molecule has 3 aromatic rings. The zero-order chi connectivity index (χ0) is 19.1. The number of anilines is 1. The zero-order valence-electron chi connectivity index (χ0n) is 15.7. The van der Waals surface area contributed by atoms with E-state index in [0.717, 1.165) is 24.3 Å². The summed E-state index contributed by atoms with van der Waals surface area (Å²) in [4.78, 5) is 23.1. The highest BCUT2D eigenvalue weighted by molar-refractivity contribution is 5.95. The van der Waals surface area contributed by atoms with Crippen molar-refractivity contribution in [2.45, 2.75) is 19.4 Å². The van der Waals surface area contributed by atoms with E-state index in [1.165, 1.54) is 5.56 Å². The van der Waals surface area contributed by atoms with Crippen LogP contribution in [0.4, 0.5) is 5.82 Å². The third-order valence-corrected chi connectivity index (χ3v) is 4.53. The van der Waals surface area contributed by atoms with Crippen LogP contribution in [0.25, 0.3) is 0 Å². The van der Waals surface area contributed by atoms with E-state index in [0.29, 0.717) is 5.56 Å². The van der Waals surface area contributed by atoms with Crippen LogP contribution in [0.2, 0.25) is 0 Å². The Morgan fingerprint density at radius 2 is 1.81 bits per heavy atom. The van der Waals surface area contributed by atoms with Gasteiger partial charge >= 0.3 is 0 Å². The molecule has 27 heavy (non-hydrogen) atoms. The Balaban J connectivity index is 1.63. The molecule has 2 aromatic heterocycles. The minimum Gasteiger partial charge on any atom is -0.359 e. The fraction of sp³-hybridized carbons (Fsp3) is 0.227. The Morgan fingerprint density at radius 3 is 2.56 bits per heavy atom. The van der Waals surface area contributed by atoms with Crippen molar-refractivity contribution >= 4 is 11.7 Å². The molecular formula is C22H24N4O. The van der Waals surface area contributed by atoms with Crippen LogP contribution in [0.15, 0.2) is 73.2 Å². The molecule has 2 heterocycles. The molecule has 5 heteroatoms. The molecule has 3 rings (SSSR count). The summed E-state index contributed by atoms with van der Waals surface area (Å²) in [5.41, 5.74) is 2.91. The predicted molar refractivity (Wildman–Crippen MR) is 108 cm³/mol. The average molecular weight is 360 g/mol. The standard InChI is InChI=1S/C22H24N4O/c1-17(19-6-4-3-5-7-19)25-22(27)20-10-14-24-21(16-20)26(2)15-11-18-8-12-23-13-9-18/h3-10,12-14,16-17H,11,15H2,1-2H3,(H,25,27). The first kappa shape index (κ1) is 18.6. The summed E-state index contributed by atoms with van der Waals surface area (Å²) in [6, 6.07) is 17.5. The van der Waals surface area contributed by atoms with Crippen LogP contribution in [0.1, 0.15) is 34.5 Å². The van der Waals surface area contributed by atoms with Crippen LogP contribution < -0.4 is 10.2 Å². The summed E-state index contributed by atoms with van der Waals surface area (Å²) in [6.07, 6.45) is 6.17. The van der Waals surface area contributed by atoms with E-state index in [2.05, 4.69) is 20.2 Å². The molecule has 1 amide bonds. The monoisotopic (exact) mass is 360 g/mol. The number of likely N-dealkylation sites (N-methyl/N-ethyl adjacent to an activating group) is 1. The lowest BCUT2D eigenvalue weighted by Gasteiger charge is -2.19. The molecule has 0 bridgehead atoms. The van der Waals surface area contributed by atoms with Gasteiger partial charge in [0.05, 0.1) is 6.04 Å². The summed E-state index contributed by atoms with van der Waals surface area (Å²) < 4.78 is 0. The van der Waals surface area contributed by atoms with Gasteiger partial charge in [-0.3, -0.25) is 9.78 Å². The number of carbonyl (C=O) groups excluding carboxylic acids is 1. The smallest absolute Gasteiger partial charge is 0.251 e. The number of aromatic nitrogens is 2. The molecule has 1 unspecified atom stereocenters. The number of nitrogens with one attached hydrogen (secondary N) is 1. The minimum atomic E-state index is -0.0995. The summed E-state index contributed by atoms with van der Waals surface area (Å²) in [7, 11) is 1.98. The second-order valence-corrected chi connectivity index (χ2v) is 6.54. The molecule has 0 radical (unpaired) electrons. The second kappa shape index (κ2) is 8.94. The summed E-state index contributed by atoms with van der Waals surface area (Å²) in [5, 5.41) is 3.04. The van der Waals surface area contributed by atoms with E-state index in [4.69, 9.17) is 0 Å². The third-order valence-electron chi connectivity index (χ3n) is 4.53. The van der Waals surface area contributed by atoms with Crippen LogP contribution >= 0.6 is 0 Å². The Hall–Kier alpha value is -3.21. The second-order valence-electron chi connectivity index (χ2n) is 6.54. The lowest BCUT2D eigenvalue weighted by molar-refractivity contribution is 0.0940. The molecule has 0 aliphatic carbocycles. The number of carbonyl (C=O) groups is 1. The lowest BCUT2D eigenvalue weighted by atomic mass is 10.1. The van der Waals surface area contributed by atoms with Crippen molar-refractivity contribution in [3.63, 3.8) is 0 Å². The number of benzene rings is 1. The first-order valence-electron chi connectivity index (χ1n) is 9.05. The molecule has 0 aliphatic rings. The van der Waals surface area contributed by atoms with Crippen molar-refractivity contribution in [3.8, 4) is 0 Å². The summed E-state index contributed by atoms with van der Waals surface area (Å²) in [6.45, 7) is 2.79. The van der Waals surface area contributed by atoms with Crippen LogP contribution in [0.5, 0.6) is 0 Å². The number of hydrogen-bond acceptors (Lipinski definition) is 4. The average Bonchev–Trinajstić information content (AvgIpc) is 2.73. The Labute approximate surface area is 160 Å². The van der Waals surface area contributed by atoms with Crippen molar-refractivity contribution < 1.29 is 4.79 Å². The normalized spacial score (nSPS) is 11.6. The molecule has 1 aromatic carbocycles. The maximum atomic E-state index is 12.6. The number of nitrogens with zero attached hydrogens (tertiary/aromatic N) is 3. The Morgan fingerprint density at radius 1 is 1.07 bits per heavy atom. The zero-order valence-corrected chi connectivity index (χ0v) is 15.7. The summed E-state index contributed by atoms with van der Waals surface area (Å²) >= 11 is 0. The van der Waals surface area contributed by atoms with Crippen molar-refractivity contribution in [2.24, 2.45) is 0 Å². The largest absolute Gasteiger partial charge is 0.359 e. The van der Waals surface area contributed by atoms with Gasteiger partial charge < -0.3 is 10.2 Å². The van der Waals surface area contributed by atoms with Gasteiger partial charge in [-0.05, 0) is 48.7 Å². The van der Waals surface area contributed by atoms with Gasteiger partial charge in [0.15, 0.2) is 0 Å². The van der Waals surface area contributed by atoms with E-state index in [-0.39, 0.29) is 11.9 Å². The molecule has 0 fully saturated rings. The molecule has 0 saturated carbocycles. The SMILES string of the molecule is CC(NC(=O)c1ccnc(N(C)CCc2ccncc2)c1)c1ccccc1. The topological polar surface area (TPSA) is 58.1 Å². The van der Waals surface area contributed by atoms with Gasteiger partial charge in [0.2, 0.25) is 0 Å². The molecule has 1 atom stereocenters. The summed E-state index contributed by atoms with van der Waals surface area (Å²) in [5.74, 6) is 0.682. The van der Waals surface area contributed by atoms with Gasteiger partial charge in [-0.25, -0.2) is 4.98 Å². The van der Waals surface area contributed by atoms with Crippen molar-refractivity contribution in [1.82, 2.24) is 15.3 Å². The fourth-order valence-corrected chi connectivity index (χ4v) is 2.83. The first-order valence-corrected chi connectivity index (χ1v) is 9.05. The van der Waals surface area contributed by atoms with Crippen molar-refractivity contribution in [1.29, 1.82) is 0 Å². The van der Waals surface area contributed by atoms with E-state index in [9.17, 15) is 4.79 Å². The van der Waals surface area contributed by atoms with Crippen LogP contribution in [0.3, 0.4) is 0 Å². The Bertz CT molecular complexity index is 868. The minimum absolute atomic E-state index is 0.0558. The first-order chi connectivity index (χ1) is 13.1. The molecule has 0 saturated heterocycles. The molecule has 1 N–H and O–H groups in total. The predicted octanol–water partition coefficient (Wildman–Crippen LogP) is 3.65. The van der Waals surface area contributed by atoms with Crippen LogP contribution in [-0.4, -0.2) is 29.5 Å². The maximum absolute atomic E-state index is 12.6. The highest BCUT2D eigenvalue weighted by atomic mass is 16.1. The number of rotatable bonds is 7. The van der Waals surface area contributed by atoms with Crippen LogP contribution in [-0.2, 0) is 6.42 Å². The molecule has 0 aliphatic heterocycles. The van der Waals surface area contributed by atoms with Gasteiger partial charge in [-0.1, -0.05) is 30.3 Å². The van der Waals surface area contributed by atoms with Gasteiger partial charge in [0.1, 0.15) is 5.82 Å². The highest BCUT2D eigenvalue weighted by Crippen LogP contribution is 2.15. The van der Waals surface area contributed by atoms with Crippen molar-refractivity contribution in [2.75, 3.05) is 18.5 Å². The number of amides is 1. The fourth-order valence-electron chi connectivity index (χ4n) is 2.83. The van der Waals surface area contributed by atoms with Crippen LogP contribution in [0, 0.1) is 0 Å². The van der Waals surface area contributed by atoms with E-state index in [1.807, 2.05) is 62.5 Å². The van der Waals surface area contributed by atoms with Gasteiger partial charge in [-0.2, -0.15) is 0 Å². The quantitative estimate of drug-likeness (QED) is 0.699. The lowest BCUT2D eigenvalue weighted by Crippen LogP contribution is -2.27. The van der Waals surface area contributed by atoms with E-state index >= 15 is 0 Å². The molecular weight excluding hydrogens is 336 g/mol. The maximum Gasteiger partial charge on any atom is 0.251 e. The van der Waals surface area contributed by atoms with Gasteiger partial charge in [0.25, 0.3) is 5.91 Å². The Kier molecular flexibility index (Phi) is 6.15. The number of hydrogen-bond donors (Lipinski definition) is 1. The number of pyridine rings is 2. The third kappa shape index (κ3) is 5.14. The highest BCUT2D eigenvalue weighted by Gasteiger charge is 2.13. The van der Waals surface area contributed by atoms with Gasteiger partial charge in [0, 0.05) is 37.7 Å². The van der Waals surface area contributed by atoms with Crippen molar-refractivity contribution in [3.05, 3.63) is 89.9 Å². The van der Waals surface area contributed by atoms with E-state index in [1.54, 1.807) is 24.7 Å². The molecule has 0 spiro atoms. The van der Waals surface area contributed by atoms with E-state index < -0.39 is 0 Å².